The molecule has 0 radical (unpaired) electrons. The van der Waals surface area contributed by atoms with E-state index in [9.17, 15) is 53.1 Å². The Hall–Kier alpha value is -7.54. The minimum Gasteiger partial charge on any atom is -0.445 e. The van der Waals surface area contributed by atoms with Crippen LogP contribution in [-0.2, 0) is 78.1 Å². The molecule has 1 aliphatic heterocycles. The number of likely N-dealkylation sites (tertiary alicyclic amines) is 1. The summed E-state index contributed by atoms with van der Waals surface area (Å²) >= 11 is 0. The highest BCUT2D eigenvalue weighted by Gasteiger charge is 2.44. The highest BCUT2D eigenvalue weighted by molar-refractivity contribution is 5.98. The van der Waals surface area contributed by atoms with Crippen LogP contribution in [0.25, 0.3) is 0 Å². The summed E-state index contributed by atoms with van der Waals surface area (Å²) < 4.78 is 39.9. The SMILES string of the molecule is CC[C@H](C)[C@@H]([C@@H](CC(=O)N1CCC[C@H]1[C@H](OC)[C@@H](C)C(=O)N[C@H](C)[C@@H](O)c1ccccc1)OC)N(C)C(=O)[C@@H](NC(=O)[C@H](C(C)C)N(C)C(=O)OCc1ccc(NC(=O)[C@H](CCCNC(N)=O)NC(=O)[C@@H](NC(=O)CCOCCOCCOCCOCCC(=O)NCC(C)(C)C)C(C)C)cc1)C(C)C. The maximum atomic E-state index is 14.8. The van der Waals surface area contributed by atoms with Gasteiger partial charge in [-0.25, -0.2) is 9.59 Å². The van der Waals surface area contributed by atoms with E-state index in [-0.39, 0.29) is 100 Å². The normalized spacial score (nSPS) is 16.3. The first-order valence-electron chi connectivity index (χ1n) is 36.6. The molecular weight excluding hydrogens is 1340 g/mol. The Morgan fingerprint density at radius 2 is 1.23 bits per heavy atom. The molecule has 10 N–H and O–H groups in total. The molecular formula is C75H125N11O18. The first kappa shape index (κ1) is 90.7. The lowest BCUT2D eigenvalue weighted by atomic mass is 9.89. The number of nitrogens with two attached hydrogens (primary N) is 1. The second-order valence-corrected chi connectivity index (χ2v) is 29.1. The predicted octanol–water partition coefficient (Wildman–Crippen LogP) is 5.60. The molecule has 1 heterocycles. The van der Waals surface area contributed by atoms with Gasteiger partial charge in [-0.2, -0.15) is 0 Å². The number of urea groups is 1. The molecule has 0 saturated carbocycles. The lowest BCUT2D eigenvalue weighted by molar-refractivity contribution is -0.148. The number of carbonyl (C=O) groups excluding carboxylic acids is 10. The zero-order chi connectivity index (χ0) is 77.8. The number of rotatable bonds is 48. The topological polar surface area (TPSA) is 375 Å². The first-order chi connectivity index (χ1) is 49.2. The van der Waals surface area contributed by atoms with Crippen molar-refractivity contribution in [1.82, 2.24) is 46.6 Å². The third kappa shape index (κ3) is 31.6. The van der Waals surface area contributed by atoms with Gasteiger partial charge in [0, 0.05) is 66.5 Å². The lowest BCUT2D eigenvalue weighted by Gasteiger charge is -2.41. The zero-order valence-electron chi connectivity index (χ0n) is 64.8. The van der Waals surface area contributed by atoms with Crippen molar-refractivity contribution in [2.75, 3.05) is 106 Å². The van der Waals surface area contributed by atoms with Crippen molar-refractivity contribution in [2.45, 2.75) is 209 Å². The molecule has 2 aromatic carbocycles. The van der Waals surface area contributed by atoms with Crippen molar-refractivity contribution in [2.24, 2.45) is 40.7 Å². The van der Waals surface area contributed by atoms with E-state index < -0.39 is 120 Å². The number of benzene rings is 2. The molecule has 104 heavy (non-hydrogen) atoms. The van der Waals surface area contributed by atoms with Crippen LogP contribution < -0.4 is 43.0 Å². The van der Waals surface area contributed by atoms with Gasteiger partial charge in [-0.05, 0) is 85.0 Å². The number of primary amides is 1. The number of hydrogen-bond donors (Lipinski definition) is 9. The van der Waals surface area contributed by atoms with Gasteiger partial charge < -0.3 is 91.0 Å². The van der Waals surface area contributed by atoms with Crippen LogP contribution in [0.15, 0.2) is 54.6 Å². The quantitative estimate of drug-likeness (QED) is 0.0364. The van der Waals surface area contributed by atoms with Crippen LogP contribution in [0.4, 0.5) is 15.3 Å². The largest absolute Gasteiger partial charge is 0.445 e. The Bertz CT molecular complexity index is 2960. The number of aliphatic hydroxyl groups is 1. The number of anilines is 1. The Morgan fingerprint density at radius 1 is 0.654 bits per heavy atom. The van der Waals surface area contributed by atoms with E-state index in [0.29, 0.717) is 82.2 Å². The first-order valence-corrected chi connectivity index (χ1v) is 36.6. The van der Waals surface area contributed by atoms with Crippen LogP contribution >= 0.6 is 0 Å². The van der Waals surface area contributed by atoms with Gasteiger partial charge in [-0.1, -0.05) is 132 Å². The monoisotopic (exact) mass is 1470 g/mol. The molecule has 29 nitrogen and oxygen atoms in total. The Morgan fingerprint density at radius 3 is 1.76 bits per heavy atom. The average molecular weight is 1470 g/mol. The molecule has 12 atom stereocenters. The van der Waals surface area contributed by atoms with Gasteiger partial charge in [0.25, 0.3) is 0 Å². The van der Waals surface area contributed by atoms with E-state index in [2.05, 4.69) is 37.2 Å². The number of ether oxygens (including phenoxy) is 7. The number of aliphatic hydroxyl groups excluding tert-OH is 1. The number of methoxy groups -OCH3 is 2. The van der Waals surface area contributed by atoms with E-state index in [4.69, 9.17) is 38.9 Å². The maximum absolute atomic E-state index is 14.8. The van der Waals surface area contributed by atoms with Gasteiger partial charge in [-0.15, -0.1) is 0 Å². The van der Waals surface area contributed by atoms with Crippen molar-refractivity contribution in [3.8, 4) is 0 Å². The predicted molar refractivity (Wildman–Crippen MR) is 394 cm³/mol. The Labute approximate surface area is 616 Å². The molecule has 1 saturated heterocycles. The van der Waals surface area contributed by atoms with Crippen molar-refractivity contribution < 1.29 is 86.2 Å². The average Bonchev–Trinajstić information content (AvgIpc) is 1.54. The van der Waals surface area contributed by atoms with Gasteiger partial charge in [0.15, 0.2) is 0 Å². The van der Waals surface area contributed by atoms with E-state index in [1.54, 1.807) is 109 Å². The van der Waals surface area contributed by atoms with E-state index >= 15 is 0 Å². The van der Waals surface area contributed by atoms with Crippen LogP contribution in [0.3, 0.4) is 0 Å². The van der Waals surface area contributed by atoms with Crippen LogP contribution in [0, 0.1) is 35.0 Å². The van der Waals surface area contributed by atoms with Gasteiger partial charge >= 0.3 is 12.1 Å². The number of nitrogens with one attached hydrogen (secondary N) is 7. The Kier molecular flexibility index (Phi) is 41.1. The fourth-order valence-corrected chi connectivity index (χ4v) is 12.2. The maximum Gasteiger partial charge on any atom is 0.410 e. The molecule has 0 aromatic heterocycles. The number of carbonyl (C=O) groups is 10. The van der Waals surface area contributed by atoms with Gasteiger partial charge in [0.2, 0.25) is 47.3 Å². The molecule has 2 aromatic rings. The van der Waals surface area contributed by atoms with E-state index in [0.717, 1.165) is 0 Å². The van der Waals surface area contributed by atoms with Crippen molar-refractivity contribution in [1.29, 1.82) is 0 Å². The molecule has 3 rings (SSSR count). The minimum atomic E-state index is -1.12. The lowest BCUT2D eigenvalue weighted by Crippen LogP contribution is -2.60. The van der Waals surface area contributed by atoms with Crippen LogP contribution in [0.1, 0.15) is 159 Å². The molecule has 29 heteroatoms. The number of amides is 11. The standard InChI is InChI=1S/C75H125N11O18/c1-18-50(8)65(58(98-16)44-61(89)86-35-23-27-57(86)67(99-17)51(9)68(91)79-52(10)66(90)54-24-20-19-21-25-54)84(14)72(95)63(48(4)5)83-71(94)64(49(6)7)85(15)74(97)104-45-53-28-30-55(31-29-53)80-69(92)56(26-22-34-77-73(76)96)81-70(93)62(47(2)3)82-60(88)33-37-101-39-41-103-43-42-102-40-38-100-36-32-59(87)78-46-75(11,12)13/h19-21,24-25,28-31,47-52,56-58,62-67,90H,18,22-23,26-27,32-46H2,1-17H3,(H,78,87)(H,79,91)(H,80,92)(H,81,93)(H,82,88)(H,83,94)(H3,76,77,96)/t50-,51+,52+,56-,57-,58+,62-,63-,64-,65-,66+,67+/m0/s1. The second kappa shape index (κ2) is 47.1. The smallest absolute Gasteiger partial charge is 0.410 e. The number of hydrogen-bond acceptors (Lipinski definition) is 18. The molecule has 0 unspecified atom stereocenters. The number of likely N-dealkylation sites (N-methyl/N-ethyl adjacent to an activating group) is 2. The van der Waals surface area contributed by atoms with Crippen molar-refractivity contribution >= 4 is 65.1 Å². The summed E-state index contributed by atoms with van der Waals surface area (Å²) in [7, 11) is 6.09. The molecule has 0 aliphatic carbocycles. The van der Waals surface area contributed by atoms with Gasteiger partial charge in [-0.3, -0.25) is 43.3 Å². The number of nitrogens with zero attached hydrogens (tertiary/aromatic N) is 3. The highest BCUT2D eigenvalue weighted by Crippen LogP contribution is 2.31. The molecule has 1 aliphatic rings. The van der Waals surface area contributed by atoms with Crippen LogP contribution in [-0.4, -0.2) is 234 Å². The summed E-state index contributed by atoms with van der Waals surface area (Å²) in [6.07, 6.45) is -0.862. The molecule has 11 amide bonds. The highest BCUT2D eigenvalue weighted by atomic mass is 16.6. The van der Waals surface area contributed by atoms with E-state index in [1.165, 1.54) is 26.2 Å². The molecule has 0 spiro atoms. The van der Waals surface area contributed by atoms with Crippen molar-refractivity contribution in [3.05, 3.63) is 65.7 Å². The molecule has 1 fully saturated rings. The molecule has 0 bridgehead atoms. The fourth-order valence-electron chi connectivity index (χ4n) is 12.2. The summed E-state index contributed by atoms with van der Waals surface area (Å²) in [5.74, 6) is -5.41. The fraction of sp³-hybridized carbons (Fsp3) is 0.707. The van der Waals surface area contributed by atoms with Gasteiger partial charge in [0.05, 0.1) is 102 Å². The third-order valence-corrected chi connectivity index (χ3v) is 18.4. The summed E-state index contributed by atoms with van der Waals surface area (Å²) in [4.78, 5) is 140. The molecule has 588 valence electrons. The zero-order valence-corrected chi connectivity index (χ0v) is 64.8. The van der Waals surface area contributed by atoms with Gasteiger partial charge in [0.1, 0.15) is 30.8 Å². The summed E-state index contributed by atoms with van der Waals surface area (Å²) in [6, 6.07) is 8.74. The Balaban J connectivity index is 1.58. The van der Waals surface area contributed by atoms with Crippen LogP contribution in [0.5, 0.6) is 0 Å². The second-order valence-electron chi connectivity index (χ2n) is 29.1. The third-order valence-electron chi connectivity index (χ3n) is 18.4. The summed E-state index contributed by atoms with van der Waals surface area (Å²) in [5, 5.41) is 30.5. The van der Waals surface area contributed by atoms with E-state index in [1.807, 2.05) is 52.8 Å². The van der Waals surface area contributed by atoms with Crippen molar-refractivity contribution in [3.63, 3.8) is 0 Å². The summed E-state index contributed by atoms with van der Waals surface area (Å²) in [6.45, 7) is 27.3. The van der Waals surface area contributed by atoms with Crippen LogP contribution in [0.2, 0.25) is 0 Å². The minimum absolute atomic E-state index is 0.00703. The summed E-state index contributed by atoms with van der Waals surface area (Å²) in [5.41, 5.74) is 6.80.